The lowest BCUT2D eigenvalue weighted by Crippen LogP contribution is -2.11. The fraction of sp³-hybridized carbons (Fsp3) is 0.214. The standard InChI is InChI=1S/C14H14N4OS/c1-9-5-6-12(8-11(9)4-3-7-15)16-14(19)13-10(2)17-18-20-13/h5-6,8H,7,15H2,1-2H3,(H,16,19). The van der Waals surface area contributed by atoms with Crippen molar-refractivity contribution in [1.29, 1.82) is 0 Å². The maximum atomic E-state index is 12.1. The average molecular weight is 286 g/mol. The molecule has 0 saturated heterocycles. The molecule has 2 rings (SSSR count). The van der Waals surface area contributed by atoms with E-state index in [1.807, 2.05) is 25.1 Å². The van der Waals surface area contributed by atoms with E-state index >= 15 is 0 Å². The summed E-state index contributed by atoms with van der Waals surface area (Å²) in [6.07, 6.45) is 0. The van der Waals surface area contributed by atoms with Crippen LogP contribution in [0.1, 0.15) is 26.5 Å². The van der Waals surface area contributed by atoms with Crippen LogP contribution in [0.4, 0.5) is 5.69 Å². The Morgan fingerprint density at radius 1 is 1.45 bits per heavy atom. The van der Waals surface area contributed by atoms with Gasteiger partial charge in [0.2, 0.25) is 0 Å². The van der Waals surface area contributed by atoms with E-state index in [-0.39, 0.29) is 5.91 Å². The molecule has 102 valence electrons. The molecule has 0 bridgehead atoms. The molecule has 0 fully saturated rings. The Bertz CT molecular complexity index is 697. The number of nitrogens with one attached hydrogen (secondary N) is 1. The van der Waals surface area contributed by atoms with Crippen LogP contribution in [0, 0.1) is 25.7 Å². The Balaban J connectivity index is 2.22. The molecule has 0 spiro atoms. The number of carbonyl (C=O) groups is 1. The maximum absolute atomic E-state index is 12.1. The summed E-state index contributed by atoms with van der Waals surface area (Å²) in [4.78, 5) is 12.6. The van der Waals surface area contributed by atoms with Gasteiger partial charge in [-0.05, 0) is 43.1 Å². The first-order chi connectivity index (χ1) is 9.61. The number of nitrogens with two attached hydrogens (primary N) is 1. The van der Waals surface area contributed by atoms with Gasteiger partial charge < -0.3 is 11.1 Å². The van der Waals surface area contributed by atoms with Crippen LogP contribution in [-0.2, 0) is 0 Å². The van der Waals surface area contributed by atoms with Crippen molar-refractivity contribution in [1.82, 2.24) is 9.59 Å². The van der Waals surface area contributed by atoms with Gasteiger partial charge in [0.1, 0.15) is 4.88 Å². The minimum Gasteiger partial charge on any atom is -0.321 e. The zero-order chi connectivity index (χ0) is 14.5. The Morgan fingerprint density at radius 2 is 2.25 bits per heavy atom. The maximum Gasteiger partial charge on any atom is 0.269 e. The number of nitrogens with zero attached hydrogens (tertiary/aromatic N) is 2. The van der Waals surface area contributed by atoms with Gasteiger partial charge in [0.05, 0.1) is 12.2 Å². The highest BCUT2D eigenvalue weighted by molar-refractivity contribution is 7.08. The van der Waals surface area contributed by atoms with Gasteiger partial charge in [-0.1, -0.05) is 22.4 Å². The molecule has 0 aliphatic carbocycles. The fourth-order valence-electron chi connectivity index (χ4n) is 1.61. The highest BCUT2D eigenvalue weighted by atomic mass is 32.1. The highest BCUT2D eigenvalue weighted by Gasteiger charge is 2.13. The predicted octanol–water partition coefficient (Wildman–Crippen LogP) is 1.72. The molecule has 0 aliphatic heterocycles. The lowest BCUT2D eigenvalue weighted by atomic mass is 10.1. The summed E-state index contributed by atoms with van der Waals surface area (Å²) < 4.78 is 3.75. The van der Waals surface area contributed by atoms with Crippen molar-refractivity contribution in [3.8, 4) is 11.8 Å². The van der Waals surface area contributed by atoms with Crippen LogP contribution < -0.4 is 11.1 Å². The second-order valence-electron chi connectivity index (χ2n) is 4.18. The first kappa shape index (κ1) is 14.2. The quantitative estimate of drug-likeness (QED) is 0.824. The van der Waals surface area contributed by atoms with Gasteiger partial charge in [-0.2, -0.15) is 0 Å². The zero-order valence-corrected chi connectivity index (χ0v) is 12.0. The molecule has 1 aromatic carbocycles. The van der Waals surface area contributed by atoms with Gasteiger partial charge in [-0.25, -0.2) is 0 Å². The number of amides is 1. The lowest BCUT2D eigenvalue weighted by molar-refractivity contribution is 0.103. The number of anilines is 1. The van der Waals surface area contributed by atoms with E-state index in [1.165, 1.54) is 0 Å². The van der Waals surface area contributed by atoms with Crippen molar-refractivity contribution in [3.63, 3.8) is 0 Å². The topological polar surface area (TPSA) is 80.9 Å². The van der Waals surface area contributed by atoms with Crippen molar-refractivity contribution in [2.45, 2.75) is 13.8 Å². The van der Waals surface area contributed by atoms with Crippen LogP contribution in [0.15, 0.2) is 18.2 Å². The summed E-state index contributed by atoms with van der Waals surface area (Å²) in [5, 5.41) is 6.64. The molecular formula is C14H14N4OS. The Labute approximate surface area is 121 Å². The second-order valence-corrected chi connectivity index (χ2v) is 4.93. The molecule has 1 heterocycles. The number of hydrogen-bond donors (Lipinski definition) is 2. The monoisotopic (exact) mass is 286 g/mol. The van der Waals surface area contributed by atoms with E-state index < -0.39 is 0 Å². The van der Waals surface area contributed by atoms with Crippen molar-refractivity contribution >= 4 is 23.1 Å². The fourth-order valence-corrected chi connectivity index (χ4v) is 2.16. The third-order valence-electron chi connectivity index (χ3n) is 2.68. The minimum atomic E-state index is -0.209. The minimum absolute atomic E-state index is 0.209. The van der Waals surface area contributed by atoms with E-state index in [2.05, 4.69) is 26.7 Å². The molecule has 6 heteroatoms. The molecule has 20 heavy (non-hydrogen) atoms. The van der Waals surface area contributed by atoms with Gasteiger partial charge in [0, 0.05) is 11.3 Å². The number of hydrogen-bond acceptors (Lipinski definition) is 5. The molecule has 0 aliphatic rings. The number of carbonyl (C=O) groups excluding carboxylic acids is 1. The summed E-state index contributed by atoms with van der Waals surface area (Å²) in [5.74, 6) is 5.58. The molecule has 1 aromatic heterocycles. The van der Waals surface area contributed by atoms with Crippen molar-refractivity contribution in [2.24, 2.45) is 5.73 Å². The molecule has 1 amide bonds. The molecule has 0 saturated carbocycles. The number of rotatable bonds is 2. The van der Waals surface area contributed by atoms with Crippen LogP contribution in [0.3, 0.4) is 0 Å². The Kier molecular flexibility index (Phi) is 4.45. The van der Waals surface area contributed by atoms with Crippen LogP contribution in [-0.4, -0.2) is 22.0 Å². The summed E-state index contributed by atoms with van der Waals surface area (Å²) in [5.41, 5.74) is 8.58. The van der Waals surface area contributed by atoms with E-state index in [0.717, 1.165) is 22.7 Å². The van der Waals surface area contributed by atoms with Crippen LogP contribution in [0.5, 0.6) is 0 Å². The van der Waals surface area contributed by atoms with Gasteiger partial charge >= 0.3 is 0 Å². The zero-order valence-electron chi connectivity index (χ0n) is 11.2. The Hall–Kier alpha value is -2.23. The van der Waals surface area contributed by atoms with Crippen LogP contribution in [0.2, 0.25) is 0 Å². The normalized spacial score (nSPS) is 9.75. The first-order valence-corrected chi connectivity index (χ1v) is 6.79. The molecular weight excluding hydrogens is 272 g/mol. The third kappa shape index (κ3) is 3.20. The van der Waals surface area contributed by atoms with Gasteiger partial charge in [-0.3, -0.25) is 4.79 Å². The highest BCUT2D eigenvalue weighted by Crippen LogP contribution is 2.17. The largest absolute Gasteiger partial charge is 0.321 e. The van der Waals surface area contributed by atoms with E-state index in [0.29, 0.717) is 22.8 Å². The van der Waals surface area contributed by atoms with Gasteiger partial charge in [-0.15, -0.1) is 5.10 Å². The molecule has 0 unspecified atom stereocenters. The predicted molar refractivity (Wildman–Crippen MR) is 79.7 cm³/mol. The second kappa shape index (κ2) is 6.28. The Morgan fingerprint density at radius 3 is 2.90 bits per heavy atom. The third-order valence-corrected chi connectivity index (χ3v) is 3.51. The van der Waals surface area contributed by atoms with E-state index in [4.69, 9.17) is 5.73 Å². The van der Waals surface area contributed by atoms with Crippen LogP contribution in [0.25, 0.3) is 0 Å². The smallest absolute Gasteiger partial charge is 0.269 e. The molecule has 2 aromatic rings. The summed E-state index contributed by atoms with van der Waals surface area (Å²) >= 11 is 1.08. The molecule has 3 N–H and O–H groups in total. The SMILES string of the molecule is Cc1ccc(NC(=O)c2snnc2C)cc1C#CCN. The average Bonchev–Trinajstić information content (AvgIpc) is 2.85. The molecule has 0 atom stereocenters. The molecule has 0 radical (unpaired) electrons. The van der Waals surface area contributed by atoms with Crippen LogP contribution >= 0.6 is 11.5 Å². The number of aromatic nitrogens is 2. The first-order valence-electron chi connectivity index (χ1n) is 6.01. The number of benzene rings is 1. The summed E-state index contributed by atoms with van der Waals surface area (Å²) in [6.45, 7) is 4.02. The van der Waals surface area contributed by atoms with Crippen molar-refractivity contribution < 1.29 is 4.79 Å². The summed E-state index contributed by atoms with van der Waals surface area (Å²) in [7, 11) is 0. The van der Waals surface area contributed by atoms with Gasteiger partial charge in [0.15, 0.2) is 0 Å². The number of aryl methyl sites for hydroxylation is 2. The van der Waals surface area contributed by atoms with E-state index in [9.17, 15) is 4.79 Å². The van der Waals surface area contributed by atoms with Crippen molar-refractivity contribution in [3.05, 3.63) is 39.9 Å². The molecule has 5 nitrogen and oxygen atoms in total. The lowest BCUT2D eigenvalue weighted by Gasteiger charge is -2.06. The van der Waals surface area contributed by atoms with Gasteiger partial charge in [0.25, 0.3) is 5.91 Å². The summed E-state index contributed by atoms with van der Waals surface area (Å²) in [6, 6.07) is 5.58. The van der Waals surface area contributed by atoms with E-state index in [1.54, 1.807) is 6.92 Å². The van der Waals surface area contributed by atoms with Crippen molar-refractivity contribution in [2.75, 3.05) is 11.9 Å².